The van der Waals surface area contributed by atoms with Gasteiger partial charge in [0.25, 0.3) is 11.5 Å². The number of hydrogen-bond donors (Lipinski definition) is 2. The van der Waals surface area contributed by atoms with Gasteiger partial charge in [-0.15, -0.1) is 0 Å². The molecule has 1 aliphatic heterocycles. The maximum Gasteiger partial charge on any atom is 0.253 e. The number of carbonyl (C=O) groups excluding carboxylic acids is 1. The Morgan fingerprint density at radius 1 is 1.41 bits per heavy atom. The molecule has 0 spiro atoms. The van der Waals surface area contributed by atoms with Crippen LogP contribution >= 0.6 is 15.9 Å². The smallest absolute Gasteiger partial charge is 0.253 e. The second-order valence-electron chi connectivity index (χ2n) is 6.64. The number of rotatable bonds is 4. The third-order valence-corrected chi connectivity index (χ3v) is 5.07. The van der Waals surface area contributed by atoms with Crippen LogP contribution in [0.25, 0.3) is 11.0 Å². The van der Waals surface area contributed by atoms with Gasteiger partial charge in [0, 0.05) is 17.8 Å². The summed E-state index contributed by atoms with van der Waals surface area (Å²) in [4.78, 5) is 32.2. The lowest BCUT2D eigenvalue weighted by Crippen LogP contribution is -2.31. The third kappa shape index (κ3) is 3.28. The summed E-state index contributed by atoms with van der Waals surface area (Å²) < 4.78 is 7.56. The zero-order valence-corrected chi connectivity index (χ0v) is 16.5. The molecule has 2 N–H and O–H groups in total. The van der Waals surface area contributed by atoms with Crippen LogP contribution in [0.2, 0.25) is 0 Å². The van der Waals surface area contributed by atoms with E-state index in [1.165, 1.54) is 0 Å². The van der Waals surface area contributed by atoms with Crippen molar-refractivity contribution in [2.75, 3.05) is 13.2 Å². The highest BCUT2D eigenvalue weighted by atomic mass is 79.9. The Morgan fingerprint density at radius 3 is 2.85 bits per heavy atom. The Bertz CT molecular complexity index is 1100. The second-order valence-corrected chi connectivity index (χ2v) is 7.45. The number of halogens is 1. The topological polar surface area (TPSA) is 102 Å². The maximum absolute atomic E-state index is 12.8. The number of aromatic nitrogens is 4. The van der Waals surface area contributed by atoms with Crippen LogP contribution in [-0.2, 0) is 11.3 Å². The first kappa shape index (κ1) is 17.9. The van der Waals surface area contributed by atoms with Crippen LogP contribution in [0.5, 0.6) is 0 Å². The fraction of sp³-hybridized carbons (Fsp3) is 0.333. The van der Waals surface area contributed by atoms with Gasteiger partial charge in [0.15, 0.2) is 5.65 Å². The number of fused-ring (bicyclic) bond motifs is 1. The molecule has 0 aliphatic carbocycles. The molecule has 0 aromatic carbocycles. The van der Waals surface area contributed by atoms with Crippen molar-refractivity contribution in [3.05, 3.63) is 55.7 Å². The van der Waals surface area contributed by atoms with Crippen molar-refractivity contribution in [1.82, 2.24) is 25.1 Å². The van der Waals surface area contributed by atoms with Gasteiger partial charge in [0.1, 0.15) is 10.6 Å². The molecular formula is C18H18BrN5O3. The van der Waals surface area contributed by atoms with Gasteiger partial charge in [-0.05, 0) is 47.5 Å². The molecule has 4 heterocycles. The van der Waals surface area contributed by atoms with Gasteiger partial charge in [-0.25, -0.2) is 9.67 Å². The highest BCUT2D eigenvalue weighted by Crippen LogP contribution is 2.26. The quantitative estimate of drug-likeness (QED) is 0.615. The van der Waals surface area contributed by atoms with E-state index in [9.17, 15) is 9.59 Å². The number of pyridine rings is 2. The van der Waals surface area contributed by atoms with E-state index in [0.29, 0.717) is 40.0 Å². The van der Waals surface area contributed by atoms with Crippen molar-refractivity contribution in [3.63, 3.8) is 0 Å². The van der Waals surface area contributed by atoms with Crippen molar-refractivity contribution in [3.8, 4) is 0 Å². The summed E-state index contributed by atoms with van der Waals surface area (Å²) in [6.45, 7) is 5.00. The first-order chi connectivity index (χ1) is 12.9. The van der Waals surface area contributed by atoms with E-state index in [1.807, 2.05) is 19.9 Å². The highest BCUT2D eigenvalue weighted by Gasteiger charge is 2.25. The Kier molecular flexibility index (Phi) is 4.56. The van der Waals surface area contributed by atoms with E-state index >= 15 is 0 Å². The van der Waals surface area contributed by atoms with Crippen molar-refractivity contribution < 1.29 is 9.53 Å². The van der Waals surface area contributed by atoms with Gasteiger partial charge in [-0.1, -0.05) is 0 Å². The average Bonchev–Trinajstić information content (AvgIpc) is 2.94. The summed E-state index contributed by atoms with van der Waals surface area (Å²) in [5.41, 5.74) is 3.08. The minimum Gasteiger partial charge on any atom is -0.377 e. The number of amides is 1. The fourth-order valence-corrected chi connectivity index (χ4v) is 3.57. The van der Waals surface area contributed by atoms with E-state index in [-0.39, 0.29) is 24.1 Å². The predicted molar refractivity (Wildman–Crippen MR) is 103 cm³/mol. The summed E-state index contributed by atoms with van der Waals surface area (Å²) in [6, 6.07) is 3.68. The van der Waals surface area contributed by atoms with Crippen LogP contribution in [-0.4, -0.2) is 38.9 Å². The van der Waals surface area contributed by atoms with Gasteiger partial charge in [0.2, 0.25) is 0 Å². The SMILES string of the molecule is Cc1cc(C)c(CNC(=O)c2cc(Br)nc3c2cnn3C2COC2)c(=O)[nH]1. The Labute approximate surface area is 163 Å². The second kappa shape index (κ2) is 6.90. The van der Waals surface area contributed by atoms with E-state index in [2.05, 4.69) is 36.3 Å². The number of ether oxygens (including phenoxy) is 1. The molecule has 27 heavy (non-hydrogen) atoms. The van der Waals surface area contributed by atoms with Crippen molar-refractivity contribution in [2.24, 2.45) is 0 Å². The monoisotopic (exact) mass is 431 g/mol. The highest BCUT2D eigenvalue weighted by molar-refractivity contribution is 9.10. The molecule has 0 atom stereocenters. The molecule has 3 aromatic rings. The van der Waals surface area contributed by atoms with E-state index < -0.39 is 0 Å². The van der Waals surface area contributed by atoms with Crippen LogP contribution in [0.1, 0.15) is 33.2 Å². The van der Waals surface area contributed by atoms with E-state index in [1.54, 1.807) is 16.9 Å². The number of hydrogen-bond acceptors (Lipinski definition) is 5. The molecule has 3 aromatic heterocycles. The van der Waals surface area contributed by atoms with Crippen LogP contribution in [0.4, 0.5) is 0 Å². The summed E-state index contributed by atoms with van der Waals surface area (Å²) in [5, 5.41) is 7.87. The van der Waals surface area contributed by atoms with Gasteiger partial charge >= 0.3 is 0 Å². The van der Waals surface area contributed by atoms with Gasteiger partial charge < -0.3 is 15.0 Å². The Hall–Kier alpha value is -2.52. The fourth-order valence-electron chi connectivity index (χ4n) is 3.17. The maximum atomic E-state index is 12.8. The summed E-state index contributed by atoms with van der Waals surface area (Å²) >= 11 is 3.37. The van der Waals surface area contributed by atoms with Gasteiger partial charge in [-0.2, -0.15) is 5.10 Å². The molecule has 1 fully saturated rings. The molecule has 0 radical (unpaired) electrons. The number of H-pyrrole nitrogens is 1. The molecule has 0 unspecified atom stereocenters. The lowest BCUT2D eigenvalue weighted by Gasteiger charge is -2.26. The summed E-state index contributed by atoms with van der Waals surface area (Å²) in [6.07, 6.45) is 1.64. The molecule has 9 heteroatoms. The summed E-state index contributed by atoms with van der Waals surface area (Å²) in [7, 11) is 0. The molecule has 8 nitrogen and oxygen atoms in total. The van der Waals surface area contributed by atoms with Crippen LogP contribution in [0.3, 0.4) is 0 Å². The first-order valence-corrected chi connectivity index (χ1v) is 9.32. The van der Waals surface area contributed by atoms with Crippen molar-refractivity contribution in [2.45, 2.75) is 26.4 Å². The lowest BCUT2D eigenvalue weighted by molar-refractivity contribution is -0.0269. The molecule has 1 aliphatic rings. The largest absolute Gasteiger partial charge is 0.377 e. The number of aryl methyl sites for hydroxylation is 2. The molecule has 0 bridgehead atoms. The predicted octanol–water partition coefficient (Wildman–Crippen LogP) is 2.00. The van der Waals surface area contributed by atoms with Crippen molar-refractivity contribution >= 4 is 32.9 Å². The van der Waals surface area contributed by atoms with E-state index in [0.717, 1.165) is 11.3 Å². The van der Waals surface area contributed by atoms with E-state index in [4.69, 9.17) is 4.74 Å². The molecule has 1 amide bonds. The number of carbonyl (C=O) groups is 1. The molecule has 1 saturated heterocycles. The average molecular weight is 432 g/mol. The third-order valence-electron chi connectivity index (χ3n) is 4.67. The Balaban J connectivity index is 1.63. The molecule has 140 valence electrons. The Morgan fingerprint density at radius 2 is 2.19 bits per heavy atom. The van der Waals surface area contributed by atoms with Gasteiger partial charge in [0.05, 0.1) is 30.4 Å². The standard InChI is InChI=1S/C18H18BrN5O3/c1-9-3-10(2)22-18(26)13(9)5-20-17(25)12-4-15(19)23-16-14(12)6-21-24(16)11-7-27-8-11/h3-4,6,11H,5,7-8H2,1-2H3,(H,20,25)(H,22,26). The molecular weight excluding hydrogens is 414 g/mol. The molecule has 0 saturated carbocycles. The number of nitrogens with zero attached hydrogens (tertiary/aromatic N) is 3. The minimum absolute atomic E-state index is 0.133. The minimum atomic E-state index is -0.285. The normalized spacial score (nSPS) is 14.3. The zero-order valence-electron chi connectivity index (χ0n) is 14.9. The lowest BCUT2D eigenvalue weighted by atomic mass is 10.1. The summed E-state index contributed by atoms with van der Waals surface area (Å²) in [5.74, 6) is -0.285. The van der Waals surface area contributed by atoms with Gasteiger partial charge in [-0.3, -0.25) is 9.59 Å². The zero-order chi connectivity index (χ0) is 19.1. The number of aromatic amines is 1. The molecule has 4 rings (SSSR count). The number of nitrogens with one attached hydrogen (secondary N) is 2. The first-order valence-electron chi connectivity index (χ1n) is 8.53. The van der Waals surface area contributed by atoms with Crippen LogP contribution in [0, 0.1) is 13.8 Å². The van der Waals surface area contributed by atoms with Crippen molar-refractivity contribution in [1.29, 1.82) is 0 Å². The van der Waals surface area contributed by atoms with Crippen LogP contribution < -0.4 is 10.9 Å². The van der Waals surface area contributed by atoms with Crippen LogP contribution in [0.15, 0.2) is 27.7 Å².